The minimum absolute atomic E-state index is 0.121. The fraction of sp³-hybridized carbons (Fsp3) is 0.692. The van der Waals surface area contributed by atoms with Gasteiger partial charge in [-0.3, -0.25) is 4.79 Å². The molecule has 0 saturated carbocycles. The van der Waals surface area contributed by atoms with Crippen molar-refractivity contribution >= 4 is 11.9 Å². The van der Waals surface area contributed by atoms with E-state index < -0.39 is 5.97 Å². The molecule has 17 heavy (non-hydrogen) atoms. The van der Waals surface area contributed by atoms with E-state index in [4.69, 9.17) is 4.74 Å². The van der Waals surface area contributed by atoms with Gasteiger partial charge in [0.25, 0.3) is 0 Å². The first-order valence-corrected chi connectivity index (χ1v) is 6.27. The van der Waals surface area contributed by atoms with Crippen molar-refractivity contribution in [1.29, 1.82) is 0 Å². The van der Waals surface area contributed by atoms with Crippen molar-refractivity contribution in [3.05, 3.63) is 12.2 Å². The molecule has 1 amide bonds. The number of esters is 1. The molecule has 0 aromatic carbocycles. The van der Waals surface area contributed by atoms with E-state index in [9.17, 15) is 9.59 Å². The quantitative estimate of drug-likeness (QED) is 0.556. The van der Waals surface area contributed by atoms with E-state index in [1.54, 1.807) is 11.8 Å². The molecule has 0 radical (unpaired) electrons. The second-order valence-corrected chi connectivity index (χ2v) is 4.30. The van der Waals surface area contributed by atoms with Crippen LogP contribution in [-0.4, -0.2) is 36.5 Å². The Morgan fingerprint density at radius 2 is 2.06 bits per heavy atom. The number of hydrogen-bond acceptors (Lipinski definition) is 3. The maximum Gasteiger partial charge on any atom is 0.335 e. The highest BCUT2D eigenvalue weighted by Gasteiger charge is 2.19. The fourth-order valence-electron chi connectivity index (χ4n) is 1.91. The zero-order valence-electron chi connectivity index (χ0n) is 10.5. The molecule has 96 valence electrons. The van der Waals surface area contributed by atoms with Gasteiger partial charge in [0.2, 0.25) is 5.91 Å². The van der Waals surface area contributed by atoms with Crippen molar-refractivity contribution in [3.63, 3.8) is 0 Å². The fourth-order valence-corrected chi connectivity index (χ4v) is 1.91. The molecule has 0 spiro atoms. The second-order valence-electron chi connectivity index (χ2n) is 4.30. The predicted molar refractivity (Wildman–Crippen MR) is 65.4 cm³/mol. The maximum atomic E-state index is 11.8. The van der Waals surface area contributed by atoms with Crippen LogP contribution < -0.4 is 0 Å². The number of hydrogen-bond donors (Lipinski definition) is 0. The SMILES string of the molecule is C=C(CN1CCCCCCC1=O)C(=O)OCC. The number of nitrogens with zero attached hydrogens (tertiary/aromatic N) is 1. The molecule has 1 aliphatic rings. The maximum absolute atomic E-state index is 11.8. The molecule has 0 bridgehead atoms. The molecule has 1 fully saturated rings. The average Bonchev–Trinajstić information content (AvgIpc) is 2.29. The Hall–Kier alpha value is -1.32. The summed E-state index contributed by atoms with van der Waals surface area (Å²) in [5.74, 6) is -0.280. The van der Waals surface area contributed by atoms with Gasteiger partial charge in [-0.15, -0.1) is 0 Å². The van der Waals surface area contributed by atoms with Gasteiger partial charge in [0.1, 0.15) is 0 Å². The first-order valence-electron chi connectivity index (χ1n) is 6.27. The lowest BCUT2D eigenvalue weighted by atomic mass is 10.1. The summed E-state index contributed by atoms with van der Waals surface area (Å²) < 4.78 is 4.86. The Labute approximate surface area is 103 Å². The summed E-state index contributed by atoms with van der Waals surface area (Å²) in [7, 11) is 0. The molecule has 4 heteroatoms. The molecule has 4 nitrogen and oxygen atoms in total. The number of amides is 1. The van der Waals surface area contributed by atoms with Gasteiger partial charge in [0.15, 0.2) is 0 Å². The van der Waals surface area contributed by atoms with Crippen molar-refractivity contribution in [1.82, 2.24) is 4.90 Å². The van der Waals surface area contributed by atoms with Crippen LogP contribution in [0.3, 0.4) is 0 Å². The zero-order valence-corrected chi connectivity index (χ0v) is 10.5. The van der Waals surface area contributed by atoms with E-state index in [0.717, 1.165) is 32.2 Å². The lowest BCUT2D eigenvalue weighted by Gasteiger charge is -2.25. The van der Waals surface area contributed by atoms with Gasteiger partial charge >= 0.3 is 5.97 Å². The topological polar surface area (TPSA) is 46.6 Å². The van der Waals surface area contributed by atoms with Crippen LogP contribution in [0.5, 0.6) is 0 Å². The van der Waals surface area contributed by atoms with Crippen LogP contribution in [0.15, 0.2) is 12.2 Å². The largest absolute Gasteiger partial charge is 0.463 e. The van der Waals surface area contributed by atoms with E-state index in [-0.39, 0.29) is 5.91 Å². The molecule has 0 aromatic rings. The van der Waals surface area contributed by atoms with Gasteiger partial charge in [-0.25, -0.2) is 4.79 Å². The molecular weight excluding hydrogens is 218 g/mol. The van der Waals surface area contributed by atoms with Crippen LogP contribution in [0, 0.1) is 0 Å². The molecular formula is C13H21NO3. The van der Waals surface area contributed by atoms with E-state index in [1.165, 1.54) is 0 Å². The van der Waals surface area contributed by atoms with Crippen molar-refractivity contribution in [2.45, 2.75) is 39.0 Å². The molecule has 0 aromatic heterocycles. The first kappa shape index (κ1) is 13.7. The Balaban J connectivity index is 2.49. The normalized spacial score (nSPS) is 17.2. The van der Waals surface area contributed by atoms with E-state index in [1.807, 2.05) is 0 Å². The highest BCUT2D eigenvalue weighted by atomic mass is 16.5. The number of ether oxygens (including phenoxy) is 1. The van der Waals surface area contributed by atoms with Gasteiger partial charge in [0.05, 0.1) is 13.2 Å². The third-order valence-electron chi connectivity index (χ3n) is 2.87. The van der Waals surface area contributed by atoms with Gasteiger partial charge in [-0.1, -0.05) is 19.4 Å². The molecule has 0 aliphatic carbocycles. The van der Waals surface area contributed by atoms with Gasteiger partial charge in [-0.05, 0) is 19.8 Å². The highest BCUT2D eigenvalue weighted by Crippen LogP contribution is 2.13. The van der Waals surface area contributed by atoms with Gasteiger partial charge in [-0.2, -0.15) is 0 Å². The number of likely N-dealkylation sites (tertiary alicyclic amines) is 1. The molecule has 1 saturated heterocycles. The molecule has 0 unspecified atom stereocenters. The van der Waals surface area contributed by atoms with Gasteiger partial charge in [0, 0.05) is 18.5 Å². The summed E-state index contributed by atoms with van der Waals surface area (Å²) >= 11 is 0. The van der Waals surface area contributed by atoms with Gasteiger partial charge < -0.3 is 9.64 Å². The van der Waals surface area contributed by atoms with E-state index in [2.05, 4.69) is 6.58 Å². The third kappa shape index (κ3) is 4.59. The molecule has 0 atom stereocenters. The third-order valence-corrected chi connectivity index (χ3v) is 2.87. The number of carbonyl (C=O) groups is 2. The smallest absolute Gasteiger partial charge is 0.335 e. The Bertz CT molecular complexity index is 299. The Kier molecular flexibility index (Phi) is 5.73. The van der Waals surface area contributed by atoms with Crippen molar-refractivity contribution in [3.8, 4) is 0 Å². The number of carbonyl (C=O) groups excluding carboxylic acids is 2. The molecule has 1 aliphatic heterocycles. The van der Waals surface area contributed by atoms with E-state index in [0.29, 0.717) is 25.1 Å². The minimum Gasteiger partial charge on any atom is -0.463 e. The van der Waals surface area contributed by atoms with Crippen LogP contribution in [0.1, 0.15) is 39.0 Å². The first-order chi connectivity index (χ1) is 8.15. The number of rotatable bonds is 4. The molecule has 1 heterocycles. The summed E-state index contributed by atoms with van der Waals surface area (Å²) in [6.07, 6.45) is 4.80. The lowest BCUT2D eigenvalue weighted by molar-refractivity contribution is -0.139. The molecule has 0 N–H and O–H groups in total. The highest BCUT2D eigenvalue weighted by molar-refractivity contribution is 5.89. The van der Waals surface area contributed by atoms with Crippen LogP contribution >= 0.6 is 0 Å². The van der Waals surface area contributed by atoms with Crippen molar-refractivity contribution < 1.29 is 14.3 Å². The Morgan fingerprint density at radius 1 is 1.35 bits per heavy atom. The van der Waals surface area contributed by atoms with Crippen LogP contribution in [0.4, 0.5) is 0 Å². The van der Waals surface area contributed by atoms with Crippen LogP contribution in [-0.2, 0) is 14.3 Å². The minimum atomic E-state index is -0.401. The average molecular weight is 239 g/mol. The Morgan fingerprint density at radius 3 is 2.76 bits per heavy atom. The summed E-state index contributed by atoms with van der Waals surface area (Å²) in [5.41, 5.74) is 0.362. The predicted octanol–water partition coefficient (Wildman–Crippen LogP) is 1.90. The van der Waals surface area contributed by atoms with Crippen molar-refractivity contribution in [2.75, 3.05) is 19.7 Å². The standard InChI is InChI=1S/C13H21NO3/c1-3-17-13(16)11(2)10-14-9-7-5-4-6-8-12(14)15/h2-10H2,1H3. The van der Waals surface area contributed by atoms with Crippen LogP contribution in [0.25, 0.3) is 0 Å². The zero-order chi connectivity index (χ0) is 12.7. The lowest BCUT2D eigenvalue weighted by Crippen LogP contribution is -2.35. The second kappa shape index (κ2) is 7.09. The molecule has 1 rings (SSSR count). The van der Waals surface area contributed by atoms with Crippen molar-refractivity contribution in [2.24, 2.45) is 0 Å². The van der Waals surface area contributed by atoms with Crippen LogP contribution in [0.2, 0.25) is 0 Å². The summed E-state index contributed by atoms with van der Waals surface area (Å²) in [5, 5.41) is 0. The summed E-state index contributed by atoms with van der Waals surface area (Å²) in [6.45, 7) is 6.81. The summed E-state index contributed by atoms with van der Waals surface area (Å²) in [6, 6.07) is 0. The monoisotopic (exact) mass is 239 g/mol. The van der Waals surface area contributed by atoms with E-state index >= 15 is 0 Å². The summed E-state index contributed by atoms with van der Waals surface area (Å²) in [4.78, 5) is 25.0.